The lowest BCUT2D eigenvalue weighted by Gasteiger charge is -2.29. The van der Waals surface area contributed by atoms with Crippen LogP contribution in [0, 0.1) is 23.6 Å². The van der Waals surface area contributed by atoms with Crippen LogP contribution in [-0.4, -0.2) is 0 Å². The van der Waals surface area contributed by atoms with E-state index in [1.54, 1.807) is 0 Å². The van der Waals surface area contributed by atoms with E-state index in [4.69, 9.17) is 0 Å². The highest BCUT2D eigenvalue weighted by Gasteiger charge is 2.24. The molecular formula is C33H37F. The van der Waals surface area contributed by atoms with E-state index in [1.807, 2.05) is 30.3 Å². The van der Waals surface area contributed by atoms with Crippen molar-refractivity contribution >= 4 is 10.8 Å². The quantitative estimate of drug-likeness (QED) is 0.181. The van der Waals surface area contributed by atoms with E-state index in [1.165, 1.54) is 44.1 Å². The minimum absolute atomic E-state index is 0.0263. The third-order valence-corrected chi connectivity index (χ3v) is 7.43. The van der Waals surface area contributed by atoms with Crippen LogP contribution in [-0.2, 0) is 6.42 Å². The standard InChI is InChI=1S/C33H37F/c1-3-5-7-9-26-16-19-29(20-17-26)31-23-21-30-24-28(18-22-32(30)33(31)34)15-14-27-12-10-25(11-13-27)8-6-4-2/h4,10-13,18,21-24,26,29H,2-3,5-9,16-17,19-20H2,1H3. The third-order valence-electron chi connectivity index (χ3n) is 7.43. The molecule has 34 heavy (non-hydrogen) atoms. The molecule has 0 bridgehead atoms. The molecule has 0 nitrogen and oxygen atoms in total. The van der Waals surface area contributed by atoms with Crippen molar-refractivity contribution in [3.05, 3.63) is 95.3 Å². The Kier molecular flexibility index (Phi) is 8.59. The molecule has 0 unspecified atom stereocenters. The van der Waals surface area contributed by atoms with Crippen LogP contribution in [0.3, 0.4) is 0 Å². The van der Waals surface area contributed by atoms with Gasteiger partial charge in [-0.2, -0.15) is 0 Å². The fraction of sp³-hybridized carbons (Fsp3) is 0.394. The average Bonchev–Trinajstić information content (AvgIpc) is 2.88. The van der Waals surface area contributed by atoms with Crippen molar-refractivity contribution in [2.75, 3.05) is 0 Å². The highest BCUT2D eigenvalue weighted by molar-refractivity contribution is 5.85. The smallest absolute Gasteiger partial charge is 0.134 e. The SMILES string of the molecule is C=CCCc1ccc(C#Cc2ccc3c(F)c(C4CCC(CCCCC)CC4)ccc3c2)cc1. The number of unbranched alkanes of at least 4 members (excludes halogenated alkanes) is 2. The molecule has 0 N–H and O–H groups in total. The summed E-state index contributed by atoms with van der Waals surface area (Å²) >= 11 is 0. The highest BCUT2D eigenvalue weighted by Crippen LogP contribution is 2.40. The van der Waals surface area contributed by atoms with Gasteiger partial charge in [0.05, 0.1) is 0 Å². The first kappa shape index (κ1) is 24.3. The molecule has 1 saturated carbocycles. The number of hydrogen-bond donors (Lipinski definition) is 0. The largest absolute Gasteiger partial charge is 0.206 e. The Balaban J connectivity index is 1.43. The van der Waals surface area contributed by atoms with E-state index >= 15 is 4.39 Å². The maximum Gasteiger partial charge on any atom is 0.134 e. The van der Waals surface area contributed by atoms with Crippen LogP contribution in [0.5, 0.6) is 0 Å². The summed E-state index contributed by atoms with van der Waals surface area (Å²) in [5, 5.41) is 1.65. The number of fused-ring (bicyclic) bond motifs is 1. The van der Waals surface area contributed by atoms with Crippen LogP contribution in [0.4, 0.5) is 4.39 Å². The van der Waals surface area contributed by atoms with Gasteiger partial charge >= 0.3 is 0 Å². The number of hydrogen-bond acceptors (Lipinski definition) is 0. The first-order valence-corrected chi connectivity index (χ1v) is 13.1. The Hall–Kier alpha value is -2.85. The van der Waals surface area contributed by atoms with Gasteiger partial charge in [-0.3, -0.25) is 0 Å². The van der Waals surface area contributed by atoms with E-state index in [0.717, 1.165) is 59.1 Å². The Morgan fingerprint density at radius 2 is 1.65 bits per heavy atom. The van der Waals surface area contributed by atoms with Crippen LogP contribution < -0.4 is 0 Å². The van der Waals surface area contributed by atoms with Crippen LogP contribution in [0.1, 0.15) is 92.9 Å². The van der Waals surface area contributed by atoms with Gasteiger partial charge in [0, 0.05) is 16.5 Å². The minimum atomic E-state index is -0.0263. The van der Waals surface area contributed by atoms with Crippen molar-refractivity contribution in [2.24, 2.45) is 5.92 Å². The molecule has 1 aliphatic rings. The van der Waals surface area contributed by atoms with Crippen LogP contribution in [0.2, 0.25) is 0 Å². The monoisotopic (exact) mass is 452 g/mol. The van der Waals surface area contributed by atoms with Gasteiger partial charge in [0.15, 0.2) is 0 Å². The second-order valence-electron chi connectivity index (χ2n) is 9.89. The van der Waals surface area contributed by atoms with Gasteiger partial charge in [0.1, 0.15) is 5.82 Å². The Labute approximate surface area is 205 Å². The average molecular weight is 453 g/mol. The summed E-state index contributed by atoms with van der Waals surface area (Å²) in [4.78, 5) is 0. The van der Waals surface area contributed by atoms with Gasteiger partial charge in [0.25, 0.3) is 0 Å². The molecule has 0 radical (unpaired) electrons. The first-order chi connectivity index (χ1) is 16.7. The lowest BCUT2D eigenvalue weighted by atomic mass is 9.76. The van der Waals surface area contributed by atoms with Crippen molar-refractivity contribution in [3.63, 3.8) is 0 Å². The Bertz CT molecular complexity index is 1150. The van der Waals surface area contributed by atoms with Crippen molar-refractivity contribution < 1.29 is 4.39 Å². The topological polar surface area (TPSA) is 0 Å². The second kappa shape index (κ2) is 12.0. The van der Waals surface area contributed by atoms with Gasteiger partial charge in [-0.1, -0.05) is 80.9 Å². The molecule has 3 aromatic carbocycles. The van der Waals surface area contributed by atoms with Gasteiger partial charge in [-0.05, 0) is 91.1 Å². The predicted molar refractivity (Wildman–Crippen MR) is 144 cm³/mol. The highest BCUT2D eigenvalue weighted by atomic mass is 19.1. The van der Waals surface area contributed by atoms with Crippen LogP contribution in [0.25, 0.3) is 10.8 Å². The van der Waals surface area contributed by atoms with E-state index in [2.05, 4.69) is 55.7 Å². The van der Waals surface area contributed by atoms with Gasteiger partial charge < -0.3 is 0 Å². The Morgan fingerprint density at radius 3 is 2.38 bits per heavy atom. The summed E-state index contributed by atoms with van der Waals surface area (Å²) in [5.41, 5.74) is 4.12. The molecule has 0 saturated heterocycles. The fourth-order valence-electron chi connectivity index (χ4n) is 5.31. The van der Waals surface area contributed by atoms with Gasteiger partial charge in [0.2, 0.25) is 0 Å². The zero-order valence-electron chi connectivity index (χ0n) is 20.6. The Morgan fingerprint density at radius 1 is 0.912 bits per heavy atom. The number of allylic oxidation sites excluding steroid dienone is 1. The van der Waals surface area contributed by atoms with Crippen molar-refractivity contribution in [2.45, 2.75) is 77.0 Å². The first-order valence-electron chi connectivity index (χ1n) is 13.1. The molecule has 0 amide bonds. The molecule has 1 heteroatoms. The summed E-state index contributed by atoms with van der Waals surface area (Å²) in [6.45, 7) is 6.04. The van der Waals surface area contributed by atoms with Gasteiger partial charge in [-0.15, -0.1) is 6.58 Å². The number of halogens is 1. The number of aryl methyl sites for hydroxylation is 1. The fourth-order valence-corrected chi connectivity index (χ4v) is 5.31. The van der Waals surface area contributed by atoms with Gasteiger partial charge in [-0.25, -0.2) is 4.39 Å². The molecule has 0 aliphatic heterocycles. The molecule has 3 aromatic rings. The summed E-state index contributed by atoms with van der Waals surface area (Å²) in [7, 11) is 0. The summed E-state index contributed by atoms with van der Waals surface area (Å²) in [6.07, 6.45) is 14.0. The van der Waals surface area contributed by atoms with E-state index < -0.39 is 0 Å². The van der Waals surface area contributed by atoms with Crippen LogP contribution in [0.15, 0.2) is 67.3 Å². The molecule has 1 aliphatic carbocycles. The van der Waals surface area contributed by atoms with Crippen molar-refractivity contribution in [1.29, 1.82) is 0 Å². The van der Waals surface area contributed by atoms with E-state index in [9.17, 15) is 0 Å². The number of rotatable bonds is 8. The lowest BCUT2D eigenvalue weighted by Crippen LogP contribution is -2.14. The summed E-state index contributed by atoms with van der Waals surface area (Å²) < 4.78 is 15.5. The predicted octanol–water partition coefficient (Wildman–Crippen LogP) is 9.35. The molecule has 0 aromatic heterocycles. The maximum absolute atomic E-state index is 15.5. The number of benzene rings is 3. The second-order valence-corrected chi connectivity index (χ2v) is 9.89. The van der Waals surface area contributed by atoms with E-state index in [-0.39, 0.29) is 5.82 Å². The molecule has 176 valence electrons. The summed E-state index contributed by atoms with van der Waals surface area (Å²) in [6, 6.07) is 18.4. The molecule has 0 heterocycles. The van der Waals surface area contributed by atoms with Crippen molar-refractivity contribution in [3.8, 4) is 11.8 Å². The van der Waals surface area contributed by atoms with Crippen LogP contribution >= 0.6 is 0 Å². The molecular weight excluding hydrogens is 415 g/mol. The zero-order valence-corrected chi connectivity index (χ0v) is 20.6. The molecule has 0 spiro atoms. The zero-order chi connectivity index (χ0) is 23.8. The third kappa shape index (κ3) is 6.18. The maximum atomic E-state index is 15.5. The normalized spacial score (nSPS) is 17.8. The van der Waals surface area contributed by atoms with Crippen molar-refractivity contribution in [1.82, 2.24) is 0 Å². The lowest BCUT2D eigenvalue weighted by molar-refractivity contribution is 0.299. The molecule has 0 atom stereocenters. The summed E-state index contributed by atoms with van der Waals surface area (Å²) in [5.74, 6) is 7.67. The van der Waals surface area contributed by atoms with E-state index in [0.29, 0.717) is 5.92 Å². The molecule has 1 fully saturated rings. The minimum Gasteiger partial charge on any atom is -0.206 e. The molecule has 4 rings (SSSR count).